The molecule has 0 unspecified atom stereocenters. The van der Waals surface area contributed by atoms with E-state index in [1.807, 2.05) is 24.3 Å². The fraction of sp³-hybridized carbons (Fsp3) is 0.400. The van der Waals surface area contributed by atoms with Crippen molar-refractivity contribution < 1.29 is 9.84 Å². The van der Waals surface area contributed by atoms with E-state index in [9.17, 15) is 5.11 Å². The highest BCUT2D eigenvalue weighted by Gasteiger charge is 2.53. The molecule has 2 aliphatic rings. The molecule has 0 spiro atoms. The van der Waals surface area contributed by atoms with Crippen LogP contribution in [0.2, 0.25) is 0 Å². The van der Waals surface area contributed by atoms with E-state index < -0.39 is 11.7 Å². The summed E-state index contributed by atoms with van der Waals surface area (Å²) >= 11 is 0. The van der Waals surface area contributed by atoms with Gasteiger partial charge in [-0.15, -0.1) is 0 Å². The van der Waals surface area contributed by atoms with E-state index in [0.29, 0.717) is 0 Å². The Morgan fingerprint density at radius 2 is 1.61 bits per heavy atom. The quantitative estimate of drug-likeness (QED) is 0.939. The highest BCUT2D eigenvalue weighted by atomic mass is 16.5. The van der Waals surface area contributed by atoms with Gasteiger partial charge in [0.25, 0.3) is 0 Å². The summed E-state index contributed by atoms with van der Waals surface area (Å²) in [6.45, 7) is 1.03. The molecule has 0 amide bonds. The average Bonchev–Trinajstić information content (AvgIpc) is 2.86. The van der Waals surface area contributed by atoms with Crippen LogP contribution in [0.5, 0.6) is 0 Å². The van der Waals surface area contributed by atoms with E-state index in [-0.39, 0.29) is 6.10 Å². The van der Waals surface area contributed by atoms with E-state index in [0.717, 1.165) is 36.1 Å². The molecule has 0 fully saturated rings. The van der Waals surface area contributed by atoms with Crippen molar-refractivity contribution in [1.29, 1.82) is 0 Å². The van der Waals surface area contributed by atoms with Gasteiger partial charge >= 0.3 is 0 Å². The van der Waals surface area contributed by atoms with E-state index in [4.69, 9.17) is 4.74 Å². The van der Waals surface area contributed by atoms with Crippen LogP contribution in [0.15, 0.2) is 48.5 Å². The third-order valence-corrected chi connectivity index (χ3v) is 5.17. The second-order valence-corrected chi connectivity index (χ2v) is 6.89. The van der Waals surface area contributed by atoms with Gasteiger partial charge in [-0.1, -0.05) is 48.5 Å². The Bertz CT molecular complexity index is 727. The van der Waals surface area contributed by atoms with Crippen molar-refractivity contribution in [3.8, 4) is 0 Å². The van der Waals surface area contributed by atoms with Crippen LogP contribution >= 0.6 is 0 Å². The minimum absolute atomic E-state index is 0.250. The second-order valence-electron chi connectivity index (χ2n) is 6.89. The topological polar surface area (TPSA) is 32.7 Å². The number of hydrogen-bond acceptors (Lipinski definition) is 3. The lowest BCUT2D eigenvalue weighted by atomic mass is 9.80. The average molecular weight is 309 g/mol. The summed E-state index contributed by atoms with van der Waals surface area (Å²) in [7, 11) is 4.20. The number of rotatable bonds is 4. The normalized spacial score (nSPS) is 27.8. The van der Waals surface area contributed by atoms with Gasteiger partial charge in [-0.05, 0) is 55.7 Å². The molecule has 0 saturated carbocycles. The molecule has 0 aromatic heterocycles. The van der Waals surface area contributed by atoms with Gasteiger partial charge in [0.05, 0.1) is 0 Å². The monoisotopic (exact) mass is 309 g/mol. The van der Waals surface area contributed by atoms with Crippen molar-refractivity contribution >= 4 is 0 Å². The van der Waals surface area contributed by atoms with Crippen LogP contribution in [0.4, 0.5) is 0 Å². The van der Waals surface area contributed by atoms with E-state index in [2.05, 4.69) is 43.3 Å². The van der Waals surface area contributed by atoms with Crippen LogP contribution in [-0.4, -0.2) is 30.6 Å². The highest BCUT2D eigenvalue weighted by molar-refractivity contribution is 5.53. The minimum Gasteiger partial charge on any atom is -0.385 e. The van der Waals surface area contributed by atoms with Crippen molar-refractivity contribution in [3.63, 3.8) is 0 Å². The standard InChI is InChI=1S/C20H23NO2/c1-21(2)13-7-12-20-16-10-5-3-8-14(16)18(22)19(23-20)15-9-4-6-11-17(15)20/h3-6,8-11,18-19,22H,7,12-13H2,1-2H3/t18-,19-,20+/m0/s1. The Kier molecular flexibility index (Phi) is 3.52. The molecular weight excluding hydrogens is 286 g/mol. The predicted molar refractivity (Wildman–Crippen MR) is 90.2 cm³/mol. The maximum atomic E-state index is 10.8. The Balaban J connectivity index is 1.85. The van der Waals surface area contributed by atoms with E-state index in [1.165, 1.54) is 5.56 Å². The van der Waals surface area contributed by atoms with E-state index in [1.54, 1.807) is 0 Å². The molecule has 3 nitrogen and oxygen atoms in total. The number of nitrogens with zero attached hydrogens (tertiary/aromatic N) is 1. The molecule has 2 aromatic carbocycles. The molecule has 2 aromatic rings. The Morgan fingerprint density at radius 1 is 1.00 bits per heavy atom. The van der Waals surface area contributed by atoms with Crippen LogP contribution in [0.1, 0.15) is 47.3 Å². The fourth-order valence-corrected chi connectivity index (χ4v) is 4.16. The van der Waals surface area contributed by atoms with Crippen LogP contribution in [0.3, 0.4) is 0 Å². The molecular formula is C20H23NO2. The summed E-state index contributed by atoms with van der Waals surface area (Å²) in [5, 5.41) is 10.8. The van der Waals surface area contributed by atoms with Gasteiger partial charge in [-0.25, -0.2) is 0 Å². The van der Waals surface area contributed by atoms with Gasteiger partial charge in [-0.3, -0.25) is 0 Å². The summed E-state index contributed by atoms with van der Waals surface area (Å²) in [6, 6.07) is 16.6. The number of aliphatic hydroxyl groups is 1. The summed E-state index contributed by atoms with van der Waals surface area (Å²) in [6.07, 6.45) is 1.15. The lowest BCUT2D eigenvalue weighted by molar-refractivity contribution is -0.124. The maximum Gasteiger partial charge on any atom is 0.120 e. The molecule has 0 aliphatic carbocycles. The van der Waals surface area contributed by atoms with Crippen LogP contribution in [0.25, 0.3) is 0 Å². The van der Waals surface area contributed by atoms with Crippen molar-refractivity contribution in [3.05, 3.63) is 70.8 Å². The molecule has 4 rings (SSSR count). The predicted octanol–water partition coefficient (Wildman–Crippen LogP) is 3.39. The Labute approximate surface area is 137 Å². The molecule has 2 bridgehead atoms. The third kappa shape index (κ3) is 2.15. The first kappa shape index (κ1) is 14.9. The first-order valence-corrected chi connectivity index (χ1v) is 8.33. The SMILES string of the molecule is CN(C)CCC[C@]12O[C@@H](c3ccccc31)[C@@H](O)c1ccccc12. The Morgan fingerprint density at radius 3 is 2.30 bits per heavy atom. The summed E-state index contributed by atoms with van der Waals surface area (Å²) in [5.74, 6) is 0. The molecule has 120 valence electrons. The number of fused-ring (bicyclic) bond motifs is 7. The maximum absolute atomic E-state index is 10.8. The largest absolute Gasteiger partial charge is 0.385 e. The molecule has 0 radical (unpaired) electrons. The van der Waals surface area contributed by atoms with E-state index >= 15 is 0 Å². The summed E-state index contributed by atoms with van der Waals surface area (Å²) in [4.78, 5) is 2.21. The molecule has 3 atom stereocenters. The number of aliphatic hydroxyl groups excluding tert-OH is 1. The van der Waals surface area contributed by atoms with Gasteiger partial charge in [0, 0.05) is 0 Å². The second kappa shape index (κ2) is 5.45. The van der Waals surface area contributed by atoms with Gasteiger partial charge in [0.15, 0.2) is 0 Å². The molecule has 2 aliphatic heterocycles. The lowest BCUT2D eigenvalue weighted by Crippen LogP contribution is -2.34. The lowest BCUT2D eigenvalue weighted by Gasteiger charge is -2.39. The molecule has 0 saturated heterocycles. The van der Waals surface area contributed by atoms with Gasteiger partial charge in [-0.2, -0.15) is 0 Å². The van der Waals surface area contributed by atoms with Crippen LogP contribution < -0.4 is 0 Å². The zero-order valence-corrected chi connectivity index (χ0v) is 13.7. The summed E-state index contributed by atoms with van der Waals surface area (Å²) < 4.78 is 6.51. The molecule has 3 heteroatoms. The zero-order valence-electron chi connectivity index (χ0n) is 13.7. The smallest absolute Gasteiger partial charge is 0.120 e. The first-order valence-electron chi connectivity index (χ1n) is 8.33. The van der Waals surface area contributed by atoms with Crippen LogP contribution in [0, 0.1) is 0 Å². The zero-order chi connectivity index (χ0) is 16.0. The van der Waals surface area contributed by atoms with Gasteiger partial charge in [0.1, 0.15) is 17.8 Å². The Hall–Kier alpha value is -1.68. The van der Waals surface area contributed by atoms with Gasteiger partial charge in [0.2, 0.25) is 0 Å². The third-order valence-electron chi connectivity index (χ3n) is 5.17. The molecule has 23 heavy (non-hydrogen) atoms. The highest BCUT2D eigenvalue weighted by Crippen LogP contribution is 2.58. The molecule has 1 N–H and O–H groups in total. The molecule has 2 heterocycles. The number of benzene rings is 2. The van der Waals surface area contributed by atoms with Crippen molar-refractivity contribution in [1.82, 2.24) is 4.90 Å². The minimum atomic E-state index is -0.586. The van der Waals surface area contributed by atoms with Crippen LogP contribution in [-0.2, 0) is 10.3 Å². The van der Waals surface area contributed by atoms with Crippen molar-refractivity contribution in [2.75, 3.05) is 20.6 Å². The fourth-order valence-electron chi connectivity index (χ4n) is 4.16. The van der Waals surface area contributed by atoms with Gasteiger partial charge < -0.3 is 14.7 Å². The van der Waals surface area contributed by atoms with Crippen molar-refractivity contribution in [2.24, 2.45) is 0 Å². The summed E-state index contributed by atoms with van der Waals surface area (Å²) in [5.41, 5.74) is 4.11. The number of ether oxygens (including phenoxy) is 1. The van der Waals surface area contributed by atoms with Crippen molar-refractivity contribution in [2.45, 2.75) is 30.7 Å². The first-order chi connectivity index (χ1) is 11.1. The number of hydrogen-bond donors (Lipinski definition) is 1.